The summed E-state index contributed by atoms with van der Waals surface area (Å²) in [5.74, 6) is 0. The van der Waals surface area contributed by atoms with Crippen LogP contribution in [0.25, 0.3) is 44.5 Å². The number of aromatic nitrogens is 2. The van der Waals surface area contributed by atoms with E-state index in [-0.39, 0.29) is 0 Å². The molecule has 3 nitrogen and oxygen atoms in total. The van der Waals surface area contributed by atoms with E-state index in [1.807, 2.05) is 63.4 Å². The third-order valence-electron chi connectivity index (χ3n) is 5.01. The first-order valence-electron chi connectivity index (χ1n) is 11.1. The van der Waals surface area contributed by atoms with Crippen LogP contribution in [0, 0.1) is 5.41 Å². The second kappa shape index (κ2) is 7.10. The lowest BCUT2D eigenvalue weighted by Crippen LogP contribution is -2.09. The Morgan fingerprint density at radius 3 is 2.43 bits per heavy atom. The van der Waals surface area contributed by atoms with Crippen molar-refractivity contribution in [1.29, 1.82) is 0 Å². The molecule has 0 spiro atoms. The zero-order valence-corrected chi connectivity index (χ0v) is 17.3. The first-order valence-corrected chi connectivity index (χ1v) is 10.1. The Bertz CT molecular complexity index is 1430. The van der Waals surface area contributed by atoms with E-state index in [4.69, 9.17) is 7.16 Å². The van der Waals surface area contributed by atoms with E-state index in [9.17, 15) is 0 Å². The second-order valence-electron chi connectivity index (χ2n) is 8.56. The average molecular weight is 395 g/mol. The molecule has 0 aliphatic rings. The highest BCUT2D eigenvalue weighted by Crippen LogP contribution is 2.33. The van der Waals surface area contributed by atoms with Crippen molar-refractivity contribution < 1.29 is 7.16 Å². The van der Waals surface area contributed by atoms with Crippen molar-refractivity contribution in [2.75, 3.05) is 0 Å². The van der Waals surface area contributed by atoms with Crippen molar-refractivity contribution in [2.24, 2.45) is 5.41 Å². The van der Waals surface area contributed by atoms with E-state index >= 15 is 0 Å². The van der Waals surface area contributed by atoms with Gasteiger partial charge in [-0.15, -0.1) is 0 Å². The third-order valence-corrected chi connectivity index (χ3v) is 5.01. The van der Waals surface area contributed by atoms with Crippen molar-refractivity contribution in [3.63, 3.8) is 0 Å². The number of furan rings is 1. The minimum absolute atomic E-state index is 0.532. The fourth-order valence-electron chi connectivity index (χ4n) is 3.71. The minimum atomic E-state index is -1.48. The molecular weight excluding hydrogens is 368 g/mol. The molecule has 5 aromatic rings. The fraction of sp³-hybridized carbons (Fsp3) is 0.185. The van der Waals surface area contributed by atoms with E-state index in [1.54, 1.807) is 12.3 Å². The van der Waals surface area contributed by atoms with Gasteiger partial charge in [0.25, 0.3) is 0 Å². The summed E-state index contributed by atoms with van der Waals surface area (Å²) in [6.07, 6.45) is 2.03. The number of hydrogen-bond acceptors (Lipinski definition) is 3. The van der Waals surface area contributed by atoms with Crippen LogP contribution < -0.4 is 0 Å². The molecule has 0 N–H and O–H groups in total. The molecule has 0 atom stereocenters. The quantitative estimate of drug-likeness (QED) is 0.322. The molecule has 0 unspecified atom stereocenters. The van der Waals surface area contributed by atoms with Gasteiger partial charge in [-0.3, -0.25) is 4.98 Å². The highest BCUT2D eigenvalue weighted by atomic mass is 16.3. The van der Waals surface area contributed by atoms with Crippen molar-refractivity contribution in [3.8, 4) is 22.4 Å². The summed E-state index contributed by atoms with van der Waals surface area (Å²) in [5.41, 5.74) is 5.24. The van der Waals surface area contributed by atoms with Crippen LogP contribution in [-0.2, 0) is 6.37 Å². The largest absolute Gasteiger partial charge is 0.438 e. The van der Waals surface area contributed by atoms with Crippen LogP contribution in [0.4, 0.5) is 0 Å². The van der Waals surface area contributed by atoms with E-state index in [0.29, 0.717) is 11.3 Å². The lowest BCUT2D eigenvalue weighted by atomic mass is 9.88. The Morgan fingerprint density at radius 2 is 1.63 bits per heavy atom. The average Bonchev–Trinajstić information content (AvgIpc) is 3.16. The number of benzene rings is 2. The summed E-state index contributed by atoms with van der Waals surface area (Å²) in [5, 5.41) is 1.91. The molecule has 3 heteroatoms. The molecule has 0 bridgehead atoms. The van der Waals surface area contributed by atoms with Gasteiger partial charge in [-0.25, -0.2) is 4.98 Å². The number of rotatable bonds is 3. The standard InChI is InChI=1S/C27H24N2O/c1-27(2,3)16-18-11-12-28-24(13-18)20-9-10-25-22(14-20)23-15-21(17-29-26(23)30-25)19-7-5-4-6-8-19/h4-15,17H,16H2,1-3H3/i16D2. The van der Waals surface area contributed by atoms with Gasteiger partial charge < -0.3 is 4.42 Å². The molecule has 148 valence electrons. The number of pyridine rings is 2. The molecule has 0 fully saturated rings. The molecule has 0 amide bonds. The third kappa shape index (κ3) is 3.59. The summed E-state index contributed by atoms with van der Waals surface area (Å²) in [4.78, 5) is 9.07. The van der Waals surface area contributed by atoms with Crippen molar-refractivity contribution in [3.05, 3.63) is 84.7 Å². The summed E-state index contributed by atoms with van der Waals surface area (Å²) in [6.45, 7) is 5.73. The van der Waals surface area contributed by atoms with Crippen LogP contribution in [-0.4, -0.2) is 9.97 Å². The lowest BCUT2D eigenvalue weighted by Gasteiger charge is -2.18. The van der Waals surface area contributed by atoms with Crippen LogP contribution in [0.5, 0.6) is 0 Å². The maximum absolute atomic E-state index is 8.61. The minimum Gasteiger partial charge on any atom is -0.438 e. The topological polar surface area (TPSA) is 38.9 Å². The Morgan fingerprint density at radius 1 is 0.833 bits per heavy atom. The van der Waals surface area contributed by atoms with Crippen molar-refractivity contribution in [1.82, 2.24) is 9.97 Å². The molecule has 2 aromatic carbocycles. The van der Waals surface area contributed by atoms with Crippen molar-refractivity contribution >= 4 is 22.1 Å². The molecule has 0 saturated heterocycles. The first kappa shape index (κ1) is 16.3. The van der Waals surface area contributed by atoms with Gasteiger partial charge in [-0.2, -0.15) is 0 Å². The van der Waals surface area contributed by atoms with Gasteiger partial charge in [-0.05, 0) is 59.3 Å². The van der Waals surface area contributed by atoms with E-state index in [2.05, 4.69) is 34.2 Å². The van der Waals surface area contributed by atoms with Gasteiger partial charge in [0.1, 0.15) is 5.58 Å². The van der Waals surface area contributed by atoms with Gasteiger partial charge in [0, 0.05) is 37.0 Å². The summed E-state index contributed by atoms with van der Waals surface area (Å²) in [6, 6.07) is 21.8. The summed E-state index contributed by atoms with van der Waals surface area (Å²) >= 11 is 0. The highest BCUT2D eigenvalue weighted by Gasteiger charge is 2.14. The molecule has 0 aliphatic carbocycles. The summed E-state index contributed by atoms with van der Waals surface area (Å²) in [7, 11) is 0. The molecule has 3 aromatic heterocycles. The Labute approximate surface area is 179 Å². The maximum Gasteiger partial charge on any atom is 0.227 e. The van der Waals surface area contributed by atoms with E-state index in [0.717, 1.165) is 38.7 Å². The van der Waals surface area contributed by atoms with Gasteiger partial charge in [-0.1, -0.05) is 51.1 Å². The predicted molar refractivity (Wildman–Crippen MR) is 123 cm³/mol. The highest BCUT2D eigenvalue weighted by molar-refractivity contribution is 6.06. The molecular formula is C27H24N2O. The molecule has 0 radical (unpaired) electrons. The smallest absolute Gasteiger partial charge is 0.227 e. The Kier molecular flexibility index (Phi) is 3.87. The zero-order chi connectivity index (χ0) is 22.5. The van der Waals surface area contributed by atoms with Crippen LogP contribution in [0.1, 0.15) is 29.1 Å². The SMILES string of the molecule is [2H]C([2H])(c1ccnc(-c2ccc3oc4ncc(-c5ccccc5)cc4c3c2)c1)C(C)(C)C. The van der Waals surface area contributed by atoms with E-state index in [1.165, 1.54) is 0 Å². The second-order valence-corrected chi connectivity index (χ2v) is 8.56. The van der Waals surface area contributed by atoms with Crippen LogP contribution in [0.15, 0.2) is 83.5 Å². The zero-order valence-electron chi connectivity index (χ0n) is 19.3. The van der Waals surface area contributed by atoms with Gasteiger partial charge in [0.15, 0.2) is 0 Å². The Hall–Kier alpha value is -3.46. The number of hydrogen-bond donors (Lipinski definition) is 0. The van der Waals surface area contributed by atoms with Crippen molar-refractivity contribution in [2.45, 2.75) is 27.1 Å². The lowest BCUT2D eigenvalue weighted by molar-refractivity contribution is 0.411. The Balaban J connectivity index is 1.63. The fourth-order valence-corrected chi connectivity index (χ4v) is 3.71. The maximum atomic E-state index is 8.61. The van der Waals surface area contributed by atoms with Gasteiger partial charge in [0.2, 0.25) is 5.71 Å². The molecule has 0 aliphatic heterocycles. The normalized spacial score (nSPS) is 13.4. The summed E-state index contributed by atoms with van der Waals surface area (Å²) < 4.78 is 23.2. The van der Waals surface area contributed by atoms with Crippen LogP contribution >= 0.6 is 0 Å². The molecule has 3 heterocycles. The predicted octanol–water partition coefficient (Wildman–Crippen LogP) is 7.30. The monoisotopic (exact) mass is 394 g/mol. The molecule has 5 rings (SSSR count). The number of fused-ring (bicyclic) bond motifs is 3. The van der Waals surface area contributed by atoms with Gasteiger partial charge >= 0.3 is 0 Å². The van der Waals surface area contributed by atoms with Crippen LogP contribution in [0.2, 0.25) is 0 Å². The molecule has 30 heavy (non-hydrogen) atoms. The first-order chi connectivity index (χ1) is 15.2. The number of nitrogens with zero attached hydrogens (tertiary/aromatic N) is 2. The van der Waals surface area contributed by atoms with E-state index < -0.39 is 11.8 Å². The van der Waals surface area contributed by atoms with Gasteiger partial charge in [0.05, 0.1) is 5.69 Å². The van der Waals surface area contributed by atoms with Crippen LogP contribution in [0.3, 0.4) is 0 Å². The molecule has 0 saturated carbocycles.